The number of hydrogen-bond donors (Lipinski definition) is 1. The fraction of sp³-hybridized carbons (Fsp3) is 0. The minimum atomic E-state index is -3.62. The molecule has 0 unspecified atom stereocenters. The number of anilines is 1. The van der Waals surface area contributed by atoms with Crippen molar-refractivity contribution in [1.29, 1.82) is 0 Å². The Kier molecular flexibility index (Phi) is 3.63. The molecule has 0 spiro atoms. The fourth-order valence-electron chi connectivity index (χ4n) is 1.17. The third-order valence-corrected chi connectivity index (χ3v) is 5.63. The lowest BCUT2D eigenvalue weighted by Gasteiger charge is -2.04. The Bertz CT molecular complexity index is 604. The number of sulfonamides is 1. The van der Waals surface area contributed by atoms with Crippen LogP contribution in [0.5, 0.6) is 0 Å². The minimum Gasteiger partial charge on any atom is -0.279 e. The van der Waals surface area contributed by atoms with E-state index in [1.807, 2.05) is 0 Å². The first-order chi connectivity index (χ1) is 7.99. The summed E-state index contributed by atoms with van der Waals surface area (Å²) >= 11 is 12.4. The zero-order valence-electron chi connectivity index (χ0n) is 8.35. The molecule has 0 fully saturated rings. The highest BCUT2D eigenvalue weighted by Crippen LogP contribution is 2.34. The number of halogens is 2. The summed E-state index contributed by atoms with van der Waals surface area (Å²) in [5.74, 6) is 0. The summed E-state index contributed by atoms with van der Waals surface area (Å²) in [5.41, 5.74) is 0.494. The second kappa shape index (κ2) is 4.86. The lowest BCUT2D eigenvalue weighted by atomic mass is 10.3. The smallest absolute Gasteiger partial charge is 0.271 e. The molecular weight excluding hydrogens is 301 g/mol. The molecule has 0 atom stereocenters. The van der Waals surface area contributed by atoms with Crippen LogP contribution in [0.3, 0.4) is 0 Å². The Labute approximate surface area is 113 Å². The van der Waals surface area contributed by atoms with Crippen LogP contribution in [0, 0.1) is 0 Å². The van der Waals surface area contributed by atoms with Crippen molar-refractivity contribution in [3.63, 3.8) is 0 Å². The Balaban J connectivity index is 2.32. The normalized spacial score (nSPS) is 11.4. The molecule has 90 valence electrons. The van der Waals surface area contributed by atoms with Crippen molar-refractivity contribution in [2.24, 2.45) is 0 Å². The molecule has 7 heteroatoms. The van der Waals surface area contributed by atoms with E-state index in [1.165, 1.54) is 6.07 Å². The second-order valence-electron chi connectivity index (χ2n) is 3.16. The molecule has 3 nitrogen and oxygen atoms in total. The summed E-state index contributed by atoms with van der Waals surface area (Å²) in [6, 6.07) is 9.94. The summed E-state index contributed by atoms with van der Waals surface area (Å²) in [4.78, 5) is 0. The van der Waals surface area contributed by atoms with E-state index >= 15 is 0 Å². The predicted molar refractivity (Wildman–Crippen MR) is 71.6 cm³/mol. The summed E-state index contributed by atoms with van der Waals surface area (Å²) in [5, 5.41) is 0.241. The van der Waals surface area contributed by atoms with Gasteiger partial charge in [0, 0.05) is 5.69 Å². The van der Waals surface area contributed by atoms with Crippen molar-refractivity contribution < 1.29 is 8.42 Å². The lowest BCUT2D eigenvalue weighted by Crippen LogP contribution is -2.11. The minimum absolute atomic E-state index is 0.0938. The molecule has 1 aromatic carbocycles. The monoisotopic (exact) mass is 307 g/mol. The topological polar surface area (TPSA) is 46.2 Å². The average molecular weight is 308 g/mol. The fourth-order valence-corrected chi connectivity index (χ4v) is 4.11. The zero-order chi connectivity index (χ0) is 12.5. The van der Waals surface area contributed by atoms with Gasteiger partial charge in [-0.05, 0) is 18.2 Å². The van der Waals surface area contributed by atoms with Gasteiger partial charge in [-0.1, -0.05) is 41.4 Å². The molecule has 1 heterocycles. The second-order valence-corrected chi connectivity index (χ2v) is 7.13. The summed E-state index contributed by atoms with van der Waals surface area (Å²) < 4.78 is 26.7. The maximum Gasteiger partial charge on any atom is 0.271 e. The molecule has 0 aliphatic heterocycles. The predicted octanol–water partition coefficient (Wildman–Crippen LogP) is 3.86. The molecule has 0 aliphatic rings. The van der Waals surface area contributed by atoms with Gasteiger partial charge in [0.05, 0.1) is 5.02 Å². The number of rotatable bonds is 3. The number of benzene rings is 1. The van der Waals surface area contributed by atoms with Crippen LogP contribution in [-0.2, 0) is 10.0 Å². The number of nitrogens with one attached hydrogen (secondary N) is 1. The van der Waals surface area contributed by atoms with Crippen molar-refractivity contribution >= 4 is 50.2 Å². The SMILES string of the molecule is O=S(=O)(Nc1ccccc1)c1cc(Cl)c(Cl)s1. The molecule has 17 heavy (non-hydrogen) atoms. The molecule has 0 saturated carbocycles. The van der Waals surface area contributed by atoms with Crippen LogP contribution >= 0.6 is 34.5 Å². The maximum absolute atomic E-state index is 11.9. The van der Waals surface area contributed by atoms with Crippen LogP contribution in [0.4, 0.5) is 5.69 Å². The van der Waals surface area contributed by atoms with Gasteiger partial charge in [0.1, 0.15) is 8.55 Å². The Hall–Kier alpha value is -0.750. The molecule has 0 radical (unpaired) electrons. The van der Waals surface area contributed by atoms with E-state index < -0.39 is 10.0 Å². The van der Waals surface area contributed by atoms with E-state index in [2.05, 4.69) is 4.72 Å². The van der Waals surface area contributed by atoms with Crippen LogP contribution in [0.1, 0.15) is 0 Å². The van der Waals surface area contributed by atoms with Crippen molar-refractivity contribution in [2.75, 3.05) is 4.72 Å². The standard InChI is InChI=1S/C10H7Cl2NO2S2/c11-8-6-9(16-10(8)12)17(14,15)13-7-4-2-1-3-5-7/h1-6,13H. The van der Waals surface area contributed by atoms with Crippen molar-refractivity contribution in [3.8, 4) is 0 Å². The number of thiophene rings is 1. The van der Waals surface area contributed by atoms with Gasteiger partial charge in [-0.15, -0.1) is 11.3 Å². The molecule has 2 rings (SSSR count). The third kappa shape index (κ3) is 2.93. The van der Waals surface area contributed by atoms with Gasteiger partial charge in [-0.3, -0.25) is 4.72 Å². The zero-order valence-corrected chi connectivity index (χ0v) is 11.5. The van der Waals surface area contributed by atoms with E-state index in [-0.39, 0.29) is 13.6 Å². The molecule has 0 aliphatic carbocycles. The van der Waals surface area contributed by atoms with Crippen LogP contribution in [0.25, 0.3) is 0 Å². The van der Waals surface area contributed by atoms with Gasteiger partial charge in [-0.2, -0.15) is 0 Å². The largest absolute Gasteiger partial charge is 0.279 e. The molecule has 0 saturated heterocycles. The van der Waals surface area contributed by atoms with Crippen LogP contribution in [0.15, 0.2) is 40.6 Å². The molecule has 0 amide bonds. The van der Waals surface area contributed by atoms with E-state index in [0.29, 0.717) is 5.69 Å². The summed E-state index contributed by atoms with van der Waals surface area (Å²) in [7, 11) is -3.62. The Morgan fingerprint density at radius 3 is 2.29 bits per heavy atom. The first-order valence-electron chi connectivity index (χ1n) is 4.52. The van der Waals surface area contributed by atoms with Crippen molar-refractivity contribution in [2.45, 2.75) is 4.21 Å². The van der Waals surface area contributed by atoms with Crippen LogP contribution < -0.4 is 4.72 Å². The highest BCUT2D eigenvalue weighted by atomic mass is 35.5. The van der Waals surface area contributed by atoms with Gasteiger partial charge in [0.15, 0.2) is 0 Å². The van der Waals surface area contributed by atoms with Gasteiger partial charge in [0.25, 0.3) is 10.0 Å². The molecular formula is C10H7Cl2NO2S2. The van der Waals surface area contributed by atoms with E-state index in [4.69, 9.17) is 23.2 Å². The lowest BCUT2D eigenvalue weighted by molar-refractivity contribution is 0.603. The van der Waals surface area contributed by atoms with E-state index in [1.54, 1.807) is 30.3 Å². The van der Waals surface area contributed by atoms with Gasteiger partial charge < -0.3 is 0 Å². The van der Waals surface area contributed by atoms with Gasteiger partial charge >= 0.3 is 0 Å². The maximum atomic E-state index is 11.9. The average Bonchev–Trinajstić information content (AvgIpc) is 2.61. The molecule has 0 bridgehead atoms. The van der Waals surface area contributed by atoms with Crippen molar-refractivity contribution in [3.05, 3.63) is 45.8 Å². The van der Waals surface area contributed by atoms with Gasteiger partial charge in [0.2, 0.25) is 0 Å². The Morgan fingerprint density at radius 2 is 1.76 bits per heavy atom. The highest BCUT2D eigenvalue weighted by molar-refractivity contribution is 7.94. The first-order valence-corrected chi connectivity index (χ1v) is 7.57. The van der Waals surface area contributed by atoms with Crippen LogP contribution in [0.2, 0.25) is 9.36 Å². The Morgan fingerprint density at radius 1 is 1.12 bits per heavy atom. The first kappa shape index (κ1) is 12.7. The number of para-hydroxylation sites is 1. The van der Waals surface area contributed by atoms with E-state index in [9.17, 15) is 8.42 Å². The molecule has 2 aromatic rings. The molecule has 1 N–H and O–H groups in total. The van der Waals surface area contributed by atoms with Crippen molar-refractivity contribution in [1.82, 2.24) is 0 Å². The quantitative estimate of drug-likeness (QED) is 0.936. The number of hydrogen-bond acceptors (Lipinski definition) is 3. The molecule has 1 aromatic heterocycles. The summed E-state index contributed by atoms with van der Waals surface area (Å²) in [6.45, 7) is 0. The van der Waals surface area contributed by atoms with E-state index in [0.717, 1.165) is 11.3 Å². The van der Waals surface area contributed by atoms with Crippen LogP contribution in [-0.4, -0.2) is 8.42 Å². The highest BCUT2D eigenvalue weighted by Gasteiger charge is 2.19. The summed E-state index contributed by atoms with van der Waals surface area (Å²) in [6.07, 6.45) is 0. The third-order valence-electron chi connectivity index (χ3n) is 1.91. The van der Waals surface area contributed by atoms with Gasteiger partial charge in [-0.25, -0.2) is 8.42 Å².